The summed E-state index contributed by atoms with van der Waals surface area (Å²) in [6, 6.07) is 16.0. The van der Waals surface area contributed by atoms with Crippen molar-refractivity contribution in [2.24, 2.45) is 0 Å². The second-order valence-corrected chi connectivity index (χ2v) is 5.90. The second-order valence-electron chi connectivity index (χ2n) is 5.90. The van der Waals surface area contributed by atoms with Crippen LogP contribution in [0.15, 0.2) is 59.2 Å². The van der Waals surface area contributed by atoms with Crippen LogP contribution >= 0.6 is 0 Å². The third-order valence-corrected chi connectivity index (χ3v) is 4.48. The fourth-order valence-corrected chi connectivity index (χ4v) is 2.73. The summed E-state index contributed by atoms with van der Waals surface area (Å²) in [4.78, 5) is 14.6. The number of nitrogens with zero attached hydrogens (tertiary/aromatic N) is 1. The number of rotatable bonds is 4. The van der Waals surface area contributed by atoms with Gasteiger partial charge in [-0.25, -0.2) is 0 Å². The minimum absolute atomic E-state index is 0.0230. The molecule has 0 fully saturated rings. The maximum absolute atomic E-state index is 12.8. The van der Waals surface area contributed by atoms with Gasteiger partial charge in [-0.2, -0.15) is 0 Å². The molecule has 0 radical (unpaired) electrons. The van der Waals surface area contributed by atoms with E-state index in [0.717, 1.165) is 28.5 Å². The molecule has 0 bridgehead atoms. The van der Waals surface area contributed by atoms with Gasteiger partial charge in [0.1, 0.15) is 5.58 Å². The molecule has 0 saturated carbocycles. The van der Waals surface area contributed by atoms with E-state index >= 15 is 0 Å². The van der Waals surface area contributed by atoms with E-state index in [-0.39, 0.29) is 11.9 Å². The van der Waals surface area contributed by atoms with Gasteiger partial charge < -0.3 is 9.32 Å². The van der Waals surface area contributed by atoms with Gasteiger partial charge in [0.15, 0.2) is 0 Å². The number of hydrogen-bond donors (Lipinski definition) is 0. The molecule has 1 unspecified atom stereocenters. The first-order chi connectivity index (χ1) is 11.1. The van der Waals surface area contributed by atoms with Crippen molar-refractivity contribution in [1.82, 2.24) is 4.90 Å². The summed E-state index contributed by atoms with van der Waals surface area (Å²) in [5, 5.41) is 1.03. The lowest BCUT2D eigenvalue weighted by atomic mass is 9.98. The zero-order valence-corrected chi connectivity index (χ0v) is 13.7. The van der Waals surface area contributed by atoms with Gasteiger partial charge in [-0.3, -0.25) is 4.79 Å². The number of hydrogen-bond acceptors (Lipinski definition) is 2. The van der Waals surface area contributed by atoms with Crippen LogP contribution in [0.5, 0.6) is 0 Å². The van der Waals surface area contributed by atoms with Crippen LogP contribution in [0, 0.1) is 0 Å². The standard InChI is InChI=1S/C20H21NO2/c1-4-14(2)21(3)20(22)16-12-18(15-8-6-5-7-9-15)17-10-11-23-19(17)13-16/h5-14H,4H2,1-3H3. The fourth-order valence-electron chi connectivity index (χ4n) is 2.73. The molecule has 1 aromatic heterocycles. The van der Waals surface area contributed by atoms with Crippen molar-refractivity contribution in [2.75, 3.05) is 7.05 Å². The van der Waals surface area contributed by atoms with Crippen molar-refractivity contribution in [3.63, 3.8) is 0 Å². The molecule has 3 nitrogen and oxygen atoms in total. The maximum atomic E-state index is 12.8. The zero-order chi connectivity index (χ0) is 16.4. The molecule has 0 aliphatic rings. The van der Waals surface area contributed by atoms with Gasteiger partial charge in [0.2, 0.25) is 0 Å². The molecule has 0 spiro atoms. The van der Waals surface area contributed by atoms with Gasteiger partial charge >= 0.3 is 0 Å². The predicted molar refractivity (Wildman–Crippen MR) is 93.5 cm³/mol. The Morgan fingerprint density at radius 1 is 1.17 bits per heavy atom. The average Bonchev–Trinajstić information content (AvgIpc) is 3.08. The number of benzene rings is 2. The van der Waals surface area contributed by atoms with E-state index in [9.17, 15) is 4.79 Å². The number of amides is 1. The van der Waals surface area contributed by atoms with E-state index in [2.05, 4.69) is 26.0 Å². The van der Waals surface area contributed by atoms with Crippen molar-refractivity contribution in [2.45, 2.75) is 26.3 Å². The highest BCUT2D eigenvalue weighted by atomic mass is 16.3. The summed E-state index contributed by atoms with van der Waals surface area (Å²) in [6.45, 7) is 4.14. The third-order valence-electron chi connectivity index (χ3n) is 4.48. The molecule has 0 aliphatic heterocycles. The number of fused-ring (bicyclic) bond motifs is 1. The van der Waals surface area contributed by atoms with Crippen LogP contribution in [0.2, 0.25) is 0 Å². The molecule has 0 saturated heterocycles. The van der Waals surface area contributed by atoms with Crippen LogP contribution in [0.25, 0.3) is 22.1 Å². The highest BCUT2D eigenvalue weighted by molar-refractivity contribution is 6.03. The molecule has 2 aromatic carbocycles. The van der Waals surface area contributed by atoms with Gasteiger partial charge in [-0.05, 0) is 42.7 Å². The lowest BCUT2D eigenvalue weighted by molar-refractivity contribution is 0.0740. The predicted octanol–water partition coefficient (Wildman–Crippen LogP) is 4.97. The van der Waals surface area contributed by atoms with E-state index in [1.54, 1.807) is 11.2 Å². The Labute approximate surface area is 136 Å². The highest BCUT2D eigenvalue weighted by Gasteiger charge is 2.19. The fraction of sp³-hybridized carbons (Fsp3) is 0.250. The van der Waals surface area contributed by atoms with E-state index < -0.39 is 0 Å². The molecule has 23 heavy (non-hydrogen) atoms. The quantitative estimate of drug-likeness (QED) is 0.682. The summed E-state index contributed by atoms with van der Waals surface area (Å²) in [6.07, 6.45) is 2.60. The van der Waals surface area contributed by atoms with Gasteiger partial charge in [0, 0.05) is 24.0 Å². The normalized spacial score (nSPS) is 12.3. The van der Waals surface area contributed by atoms with Crippen molar-refractivity contribution in [3.8, 4) is 11.1 Å². The first-order valence-electron chi connectivity index (χ1n) is 7.95. The molecule has 1 heterocycles. The highest BCUT2D eigenvalue weighted by Crippen LogP contribution is 2.31. The molecule has 1 atom stereocenters. The van der Waals surface area contributed by atoms with E-state index in [1.807, 2.05) is 43.4 Å². The van der Waals surface area contributed by atoms with Crippen molar-refractivity contribution >= 4 is 16.9 Å². The van der Waals surface area contributed by atoms with Crippen LogP contribution in [-0.4, -0.2) is 23.9 Å². The summed E-state index contributed by atoms with van der Waals surface area (Å²) >= 11 is 0. The maximum Gasteiger partial charge on any atom is 0.253 e. The Hall–Kier alpha value is -2.55. The van der Waals surface area contributed by atoms with Gasteiger partial charge in [-0.1, -0.05) is 37.3 Å². The second kappa shape index (κ2) is 6.29. The van der Waals surface area contributed by atoms with Crippen LogP contribution in [0.4, 0.5) is 0 Å². The summed E-state index contributed by atoms with van der Waals surface area (Å²) in [5.41, 5.74) is 3.51. The first-order valence-corrected chi connectivity index (χ1v) is 7.95. The van der Waals surface area contributed by atoms with Crippen LogP contribution in [-0.2, 0) is 0 Å². The average molecular weight is 307 g/mol. The lowest BCUT2D eigenvalue weighted by Crippen LogP contribution is -2.34. The Bertz CT molecular complexity index is 820. The van der Waals surface area contributed by atoms with Gasteiger partial charge in [0.05, 0.1) is 6.26 Å². The van der Waals surface area contributed by atoms with Gasteiger partial charge in [0.25, 0.3) is 5.91 Å². The Morgan fingerprint density at radius 2 is 1.91 bits per heavy atom. The van der Waals surface area contributed by atoms with E-state index in [0.29, 0.717) is 5.56 Å². The largest absolute Gasteiger partial charge is 0.464 e. The number of carbonyl (C=O) groups excluding carboxylic acids is 1. The van der Waals surface area contributed by atoms with Crippen LogP contribution in [0.3, 0.4) is 0 Å². The lowest BCUT2D eigenvalue weighted by Gasteiger charge is -2.24. The van der Waals surface area contributed by atoms with Crippen LogP contribution < -0.4 is 0 Å². The van der Waals surface area contributed by atoms with Crippen molar-refractivity contribution < 1.29 is 9.21 Å². The Balaban J connectivity index is 2.11. The van der Waals surface area contributed by atoms with Crippen LogP contribution in [0.1, 0.15) is 30.6 Å². The Morgan fingerprint density at radius 3 is 2.61 bits per heavy atom. The minimum atomic E-state index is 0.0230. The molecule has 3 rings (SSSR count). The Kier molecular flexibility index (Phi) is 4.20. The SMILES string of the molecule is CCC(C)N(C)C(=O)c1cc(-c2ccccc2)c2ccoc2c1. The number of furan rings is 1. The summed E-state index contributed by atoms with van der Waals surface area (Å²) in [7, 11) is 1.85. The third kappa shape index (κ3) is 2.87. The minimum Gasteiger partial charge on any atom is -0.464 e. The number of carbonyl (C=O) groups is 1. The molecule has 0 N–H and O–H groups in total. The molecular weight excluding hydrogens is 286 g/mol. The molecule has 3 heteroatoms. The van der Waals surface area contributed by atoms with E-state index in [1.165, 1.54) is 0 Å². The molecular formula is C20H21NO2. The smallest absolute Gasteiger partial charge is 0.253 e. The topological polar surface area (TPSA) is 33.5 Å². The summed E-state index contributed by atoms with van der Waals surface area (Å²) < 4.78 is 5.57. The molecule has 1 amide bonds. The van der Waals surface area contributed by atoms with Crippen molar-refractivity contribution in [1.29, 1.82) is 0 Å². The summed E-state index contributed by atoms with van der Waals surface area (Å²) in [5.74, 6) is 0.0230. The molecule has 3 aromatic rings. The van der Waals surface area contributed by atoms with Gasteiger partial charge in [-0.15, -0.1) is 0 Å². The molecule has 118 valence electrons. The molecule has 0 aliphatic carbocycles. The first kappa shape index (κ1) is 15.3. The monoisotopic (exact) mass is 307 g/mol. The van der Waals surface area contributed by atoms with E-state index in [4.69, 9.17) is 4.42 Å². The zero-order valence-electron chi connectivity index (χ0n) is 13.7. The van der Waals surface area contributed by atoms with Crippen molar-refractivity contribution in [3.05, 3.63) is 60.4 Å².